The topological polar surface area (TPSA) is 12.0 Å². The normalized spacial score (nSPS) is 24.8. The fourth-order valence-corrected chi connectivity index (χ4v) is 3.89. The SMILES string of the molecule is CC(NCC1CCC(C(C)(C)C)CC1)c1cccc(Br)c1. The molecule has 1 atom stereocenters. The van der Waals surface area contributed by atoms with Crippen molar-refractivity contribution in [1.29, 1.82) is 0 Å². The van der Waals surface area contributed by atoms with Gasteiger partial charge in [-0.05, 0) is 74.1 Å². The number of halogens is 1. The molecule has 0 bridgehead atoms. The first-order valence-electron chi connectivity index (χ1n) is 8.35. The van der Waals surface area contributed by atoms with Crippen molar-refractivity contribution < 1.29 is 0 Å². The van der Waals surface area contributed by atoms with Crippen molar-refractivity contribution >= 4 is 15.9 Å². The third-order valence-electron chi connectivity index (χ3n) is 5.13. The average Bonchev–Trinajstić information content (AvgIpc) is 2.44. The number of rotatable bonds is 4. The summed E-state index contributed by atoms with van der Waals surface area (Å²) in [5.41, 5.74) is 1.86. The molecule has 2 rings (SSSR count). The van der Waals surface area contributed by atoms with Gasteiger partial charge in [-0.2, -0.15) is 0 Å². The lowest BCUT2D eigenvalue weighted by atomic mass is 9.70. The maximum absolute atomic E-state index is 3.73. The Morgan fingerprint density at radius 3 is 2.43 bits per heavy atom. The Labute approximate surface area is 139 Å². The molecule has 1 aliphatic carbocycles. The van der Waals surface area contributed by atoms with Gasteiger partial charge in [0.25, 0.3) is 0 Å². The van der Waals surface area contributed by atoms with Gasteiger partial charge in [-0.3, -0.25) is 0 Å². The van der Waals surface area contributed by atoms with Crippen LogP contribution in [0.1, 0.15) is 65.0 Å². The Kier molecular flexibility index (Phi) is 5.90. The molecule has 118 valence electrons. The van der Waals surface area contributed by atoms with Gasteiger partial charge in [0, 0.05) is 10.5 Å². The Bertz CT molecular complexity index is 441. The monoisotopic (exact) mass is 351 g/mol. The number of benzene rings is 1. The molecule has 1 aromatic rings. The van der Waals surface area contributed by atoms with E-state index in [0.717, 1.165) is 18.4 Å². The molecule has 1 aromatic carbocycles. The maximum Gasteiger partial charge on any atom is 0.0292 e. The molecule has 0 amide bonds. The van der Waals surface area contributed by atoms with Crippen molar-refractivity contribution in [3.63, 3.8) is 0 Å². The molecule has 0 spiro atoms. The van der Waals surface area contributed by atoms with Crippen molar-refractivity contribution in [1.82, 2.24) is 5.32 Å². The quantitative estimate of drug-likeness (QED) is 0.706. The molecule has 0 aromatic heterocycles. The molecule has 1 unspecified atom stereocenters. The van der Waals surface area contributed by atoms with E-state index in [9.17, 15) is 0 Å². The van der Waals surface area contributed by atoms with Crippen molar-refractivity contribution in [3.05, 3.63) is 34.3 Å². The van der Waals surface area contributed by atoms with Crippen LogP contribution in [0.3, 0.4) is 0 Å². The summed E-state index contributed by atoms with van der Waals surface area (Å²) >= 11 is 3.56. The Morgan fingerprint density at radius 1 is 1.19 bits per heavy atom. The summed E-state index contributed by atoms with van der Waals surface area (Å²) in [5, 5.41) is 3.73. The van der Waals surface area contributed by atoms with Gasteiger partial charge in [-0.15, -0.1) is 0 Å². The van der Waals surface area contributed by atoms with Crippen molar-refractivity contribution in [2.75, 3.05) is 6.54 Å². The van der Waals surface area contributed by atoms with Crippen LogP contribution in [0.2, 0.25) is 0 Å². The lowest BCUT2D eigenvalue weighted by Crippen LogP contribution is -2.31. The molecule has 1 fully saturated rings. The highest BCUT2D eigenvalue weighted by Crippen LogP contribution is 2.39. The molecule has 2 heteroatoms. The second-order valence-electron chi connectivity index (χ2n) is 7.77. The second kappa shape index (κ2) is 7.28. The summed E-state index contributed by atoms with van der Waals surface area (Å²) in [7, 11) is 0. The van der Waals surface area contributed by atoms with E-state index in [1.165, 1.54) is 35.7 Å². The van der Waals surface area contributed by atoms with Crippen LogP contribution in [0.15, 0.2) is 28.7 Å². The molecule has 0 saturated heterocycles. The van der Waals surface area contributed by atoms with Crippen LogP contribution in [-0.2, 0) is 0 Å². The highest BCUT2D eigenvalue weighted by atomic mass is 79.9. The van der Waals surface area contributed by atoms with Gasteiger partial charge >= 0.3 is 0 Å². The van der Waals surface area contributed by atoms with E-state index in [1.54, 1.807) is 0 Å². The van der Waals surface area contributed by atoms with Gasteiger partial charge in [0.15, 0.2) is 0 Å². The summed E-state index contributed by atoms with van der Waals surface area (Å²) in [6, 6.07) is 9.06. The Hall–Kier alpha value is -0.340. The minimum Gasteiger partial charge on any atom is -0.310 e. The predicted molar refractivity (Wildman–Crippen MR) is 95.5 cm³/mol. The van der Waals surface area contributed by atoms with Crippen molar-refractivity contribution in [3.8, 4) is 0 Å². The highest BCUT2D eigenvalue weighted by Gasteiger charge is 2.29. The van der Waals surface area contributed by atoms with E-state index in [1.807, 2.05) is 0 Å². The van der Waals surface area contributed by atoms with Gasteiger partial charge in [-0.25, -0.2) is 0 Å². The highest BCUT2D eigenvalue weighted by molar-refractivity contribution is 9.10. The Balaban J connectivity index is 1.77. The number of hydrogen-bond acceptors (Lipinski definition) is 1. The van der Waals surface area contributed by atoms with Crippen LogP contribution in [0.25, 0.3) is 0 Å². The molecule has 21 heavy (non-hydrogen) atoms. The van der Waals surface area contributed by atoms with Crippen LogP contribution in [-0.4, -0.2) is 6.54 Å². The molecule has 1 nitrogen and oxygen atoms in total. The average molecular weight is 352 g/mol. The number of nitrogens with one attached hydrogen (secondary N) is 1. The third kappa shape index (κ3) is 5.10. The van der Waals surface area contributed by atoms with Gasteiger partial charge in [-0.1, -0.05) is 48.8 Å². The molecule has 1 saturated carbocycles. The van der Waals surface area contributed by atoms with E-state index in [2.05, 4.69) is 73.2 Å². The van der Waals surface area contributed by atoms with Gasteiger partial charge < -0.3 is 5.32 Å². The molecular formula is C19H30BrN. The van der Waals surface area contributed by atoms with Crippen LogP contribution >= 0.6 is 15.9 Å². The second-order valence-corrected chi connectivity index (χ2v) is 8.68. The van der Waals surface area contributed by atoms with Crippen molar-refractivity contribution in [2.45, 2.75) is 59.4 Å². The minimum absolute atomic E-state index is 0.433. The molecule has 0 heterocycles. The lowest BCUT2D eigenvalue weighted by Gasteiger charge is -2.37. The lowest BCUT2D eigenvalue weighted by molar-refractivity contribution is 0.148. The van der Waals surface area contributed by atoms with Gasteiger partial charge in [0.1, 0.15) is 0 Å². The predicted octanol–water partition coefficient (Wildman–Crippen LogP) is 5.95. The molecular weight excluding hydrogens is 322 g/mol. The third-order valence-corrected chi connectivity index (χ3v) is 5.63. The largest absolute Gasteiger partial charge is 0.310 e. The minimum atomic E-state index is 0.433. The zero-order chi connectivity index (χ0) is 15.5. The summed E-state index contributed by atoms with van der Waals surface area (Å²) in [4.78, 5) is 0. The Morgan fingerprint density at radius 2 is 1.86 bits per heavy atom. The van der Waals surface area contributed by atoms with E-state index in [-0.39, 0.29) is 0 Å². The first kappa shape index (κ1) is 17.0. The smallest absolute Gasteiger partial charge is 0.0292 e. The summed E-state index contributed by atoms with van der Waals surface area (Å²) < 4.78 is 1.17. The molecule has 1 N–H and O–H groups in total. The van der Waals surface area contributed by atoms with Crippen LogP contribution in [0.5, 0.6) is 0 Å². The zero-order valence-electron chi connectivity index (χ0n) is 14.0. The van der Waals surface area contributed by atoms with Crippen molar-refractivity contribution in [2.24, 2.45) is 17.3 Å². The fraction of sp³-hybridized carbons (Fsp3) is 0.684. The van der Waals surface area contributed by atoms with E-state index >= 15 is 0 Å². The van der Waals surface area contributed by atoms with E-state index < -0.39 is 0 Å². The summed E-state index contributed by atoms with van der Waals surface area (Å²) in [6.07, 6.45) is 5.59. The maximum atomic E-state index is 3.73. The van der Waals surface area contributed by atoms with E-state index in [4.69, 9.17) is 0 Å². The summed E-state index contributed by atoms with van der Waals surface area (Å²) in [6.45, 7) is 10.6. The van der Waals surface area contributed by atoms with E-state index in [0.29, 0.717) is 11.5 Å². The molecule has 0 aliphatic heterocycles. The number of hydrogen-bond donors (Lipinski definition) is 1. The van der Waals surface area contributed by atoms with Crippen LogP contribution in [0, 0.1) is 17.3 Å². The standard InChI is InChI=1S/C19H30BrN/c1-14(16-6-5-7-18(20)12-16)21-13-15-8-10-17(11-9-15)19(2,3)4/h5-7,12,14-15,17,21H,8-11,13H2,1-4H3. The van der Waals surface area contributed by atoms with Crippen LogP contribution < -0.4 is 5.32 Å². The van der Waals surface area contributed by atoms with Gasteiger partial charge in [0.05, 0.1) is 0 Å². The molecule has 1 aliphatic rings. The van der Waals surface area contributed by atoms with Crippen LogP contribution in [0.4, 0.5) is 0 Å². The first-order chi connectivity index (χ1) is 9.86. The fourth-order valence-electron chi connectivity index (χ4n) is 3.47. The molecule has 0 radical (unpaired) electrons. The van der Waals surface area contributed by atoms with Gasteiger partial charge in [0.2, 0.25) is 0 Å². The zero-order valence-corrected chi connectivity index (χ0v) is 15.5. The first-order valence-corrected chi connectivity index (χ1v) is 9.14. The summed E-state index contributed by atoms with van der Waals surface area (Å²) in [5.74, 6) is 1.77.